The molecule has 5 rings (SSSR count). The summed E-state index contributed by atoms with van der Waals surface area (Å²) in [6, 6.07) is 18.1. The van der Waals surface area contributed by atoms with Crippen LogP contribution in [0.25, 0.3) is 5.76 Å². The number of rotatable bonds is 4. The van der Waals surface area contributed by atoms with Gasteiger partial charge in [-0.3, -0.25) is 14.5 Å². The Labute approximate surface area is 197 Å². The maximum Gasteiger partial charge on any atom is 0.300 e. The van der Waals surface area contributed by atoms with E-state index in [4.69, 9.17) is 4.74 Å². The summed E-state index contributed by atoms with van der Waals surface area (Å²) in [4.78, 5) is 27.9. The zero-order valence-electron chi connectivity index (χ0n) is 18.8. The number of phenolic OH excluding ortho intramolecular Hbond substituents is 1. The van der Waals surface area contributed by atoms with Crippen LogP contribution in [-0.4, -0.2) is 29.0 Å². The van der Waals surface area contributed by atoms with Gasteiger partial charge >= 0.3 is 0 Å². The number of fused-ring (bicyclic) bond motifs is 1. The highest BCUT2D eigenvalue weighted by atomic mass is 16.5. The minimum absolute atomic E-state index is 0.00232. The van der Waals surface area contributed by atoms with Crippen LogP contribution in [0.3, 0.4) is 0 Å². The normalized spacial score (nSPS) is 19.2. The number of ether oxygens (including phenoxy) is 1. The number of hydrogen-bond donors (Lipinski definition) is 2. The number of aliphatic hydroxyl groups excluding tert-OH is 1. The Morgan fingerprint density at radius 3 is 2.47 bits per heavy atom. The molecule has 0 bridgehead atoms. The first kappa shape index (κ1) is 21.8. The molecule has 3 aromatic carbocycles. The van der Waals surface area contributed by atoms with E-state index in [2.05, 4.69) is 0 Å². The van der Waals surface area contributed by atoms with Crippen LogP contribution in [0.5, 0.6) is 11.5 Å². The van der Waals surface area contributed by atoms with Crippen LogP contribution >= 0.6 is 0 Å². The van der Waals surface area contributed by atoms with E-state index in [9.17, 15) is 19.8 Å². The highest BCUT2D eigenvalue weighted by Crippen LogP contribution is 2.43. The minimum atomic E-state index is -0.907. The summed E-state index contributed by atoms with van der Waals surface area (Å²) >= 11 is 0. The summed E-state index contributed by atoms with van der Waals surface area (Å²) in [6.45, 7) is 0. The van der Waals surface area contributed by atoms with E-state index in [0.717, 1.165) is 31.2 Å². The molecule has 1 aliphatic carbocycles. The third-order valence-electron chi connectivity index (χ3n) is 6.58. The summed E-state index contributed by atoms with van der Waals surface area (Å²) in [5, 5.41) is 21.5. The van der Waals surface area contributed by atoms with Crippen molar-refractivity contribution in [2.45, 2.75) is 31.7 Å². The standard InChI is InChI=1S/C28H25NO5/c1-34-23-11-5-9-21(16-23)29-25(19-8-4-10-22(30)15-19)24(27(32)28(29)33)26(31)20-13-12-17-6-2-3-7-18(17)14-20/h4-5,8-16,25,30-31H,2-3,6-7H2,1H3/b26-24-. The summed E-state index contributed by atoms with van der Waals surface area (Å²) in [7, 11) is 1.52. The van der Waals surface area contributed by atoms with Crippen molar-refractivity contribution in [3.63, 3.8) is 0 Å². The second-order valence-electron chi connectivity index (χ2n) is 8.66. The van der Waals surface area contributed by atoms with Crippen LogP contribution in [0.15, 0.2) is 72.3 Å². The van der Waals surface area contributed by atoms with Crippen molar-refractivity contribution >= 4 is 23.1 Å². The molecule has 6 heteroatoms. The molecule has 34 heavy (non-hydrogen) atoms. The molecule has 2 N–H and O–H groups in total. The van der Waals surface area contributed by atoms with E-state index in [1.54, 1.807) is 42.5 Å². The Bertz CT molecular complexity index is 1330. The molecule has 1 saturated heterocycles. The molecule has 1 fully saturated rings. The molecule has 3 aromatic rings. The molecule has 6 nitrogen and oxygen atoms in total. The van der Waals surface area contributed by atoms with E-state index in [1.165, 1.54) is 29.7 Å². The van der Waals surface area contributed by atoms with E-state index in [0.29, 0.717) is 22.6 Å². The molecule has 0 saturated carbocycles. The van der Waals surface area contributed by atoms with Crippen molar-refractivity contribution in [3.8, 4) is 11.5 Å². The smallest absolute Gasteiger partial charge is 0.300 e. The zero-order valence-corrected chi connectivity index (χ0v) is 18.8. The van der Waals surface area contributed by atoms with Crippen molar-refractivity contribution in [2.75, 3.05) is 12.0 Å². The number of anilines is 1. The topological polar surface area (TPSA) is 87.1 Å². The Balaban J connectivity index is 1.70. The van der Waals surface area contributed by atoms with Gasteiger partial charge in [0.25, 0.3) is 11.7 Å². The Morgan fingerprint density at radius 1 is 0.941 bits per heavy atom. The molecule has 0 spiro atoms. The van der Waals surface area contributed by atoms with Gasteiger partial charge in [-0.05, 0) is 72.7 Å². The highest BCUT2D eigenvalue weighted by molar-refractivity contribution is 6.51. The van der Waals surface area contributed by atoms with Crippen LogP contribution in [0.2, 0.25) is 0 Å². The van der Waals surface area contributed by atoms with Gasteiger partial charge in [-0.15, -0.1) is 0 Å². The number of amides is 1. The Morgan fingerprint density at radius 2 is 1.71 bits per heavy atom. The van der Waals surface area contributed by atoms with Crippen molar-refractivity contribution in [2.24, 2.45) is 0 Å². The monoisotopic (exact) mass is 455 g/mol. The summed E-state index contributed by atoms with van der Waals surface area (Å²) < 4.78 is 5.31. The fourth-order valence-electron chi connectivity index (χ4n) is 4.91. The van der Waals surface area contributed by atoms with Crippen LogP contribution in [0.1, 0.15) is 41.1 Å². The van der Waals surface area contributed by atoms with Gasteiger partial charge in [-0.1, -0.05) is 30.3 Å². The first-order chi connectivity index (χ1) is 16.5. The van der Waals surface area contributed by atoms with Gasteiger partial charge < -0.3 is 14.9 Å². The number of aliphatic hydroxyl groups is 1. The van der Waals surface area contributed by atoms with Gasteiger partial charge in [0.1, 0.15) is 17.3 Å². The molecule has 0 aromatic heterocycles. The van der Waals surface area contributed by atoms with E-state index < -0.39 is 17.7 Å². The fraction of sp³-hybridized carbons (Fsp3) is 0.214. The lowest BCUT2D eigenvalue weighted by Gasteiger charge is -2.26. The predicted molar refractivity (Wildman–Crippen MR) is 129 cm³/mol. The zero-order chi connectivity index (χ0) is 23.8. The Kier molecular flexibility index (Phi) is 5.57. The lowest BCUT2D eigenvalue weighted by atomic mass is 9.88. The van der Waals surface area contributed by atoms with Crippen LogP contribution in [0, 0.1) is 0 Å². The number of carbonyl (C=O) groups excluding carboxylic acids is 2. The molecule has 0 radical (unpaired) electrons. The van der Waals surface area contributed by atoms with Crippen molar-refractivity contribution < 1.29 is 24.5 Å². The molecule has 1 aliphatic heterocycles. The van der Waals surface area contributed by atoms with Crippen molar-refractivity contribution in [3.05, 3.63) is 94.6 Å². The number of Topliss-reactive ketones (excluding diaryl/α,β-unsaturated/α-hetero) is 1. The number of hydrogen-bond acceptors (Lipinski definition) is 5. The summed E-state index contributed by atoms with van der Waals surface area (Å²) in [5.41, 5.74) is 3.89. The summed E-state index contributed by atoms with van der Waals surface area (Å²) in [5.74, 6) is -1.20. The van der Waals surface area contributed by atoms with Gasteiger partial charge in [0.05, 0.1) is 18.7 Å². The van der Waals surface area contributed by atoms with Crippen molar-refractivity contribution in [1.29, 1.82) is 0 Å². The number of ketones is 1. The van der Waals surface area contributed by atoms with Crippen LogP contribution < -0.4 is 9.64 Å². The SMILES string of the molecule is COc1cccc(N2C(=O)C(=O)/C(=C(\O)c3ccc4c(c3)CCCC4)C2c2cccc(O)c2)c1. The molecule has 1 unspecified atom stereocenters. The minimum Gasteiger partial charge on any atom is -0.508 e. The van der Waals surface area contributed by atoms with E-state index in [1.807, 2.05) is 12.1 Å². The van der Waals surface area contributed by atoms with E-state index in [-0.39, 0.29) is 17.1 Å². The number of benzene rings is 3. The average molecular weight is 456 g/mol. The maximum atomic E-state index is 13.3. The second kappa shape index (κ2) is 8.71. The molecule has 1 amide bonds. The van der Waals surface area contributed by atoms with E-state index >= 15 is 0 Å². The summed E-state index contributed by atoms with van der Waals surface area (Å²) in [6.07, 6.45) is 4.15. The number of phenols is 1. The number of nitrogens with zero attached hydrogens (tertiary/aromatic N) is 1. The first-order valence-corrected chi connectivity index (χ1v) is 11.3. The lowest BCUT2D eigenvalue weighted by Crippen LogP contribution is -2.29. The van der Waals surface area contributed by atoms with Gasteiger partial charge in [0, 0.05) is 17.3 Å². The second-order valence-corrected chi connectivity index (χ2v) is 8.66. The number of aryl methyl sites for hydroxylation is 2. The average Bonchev–Trinajstić information content (AvgIpc) is 3.13. The third-order valence-corrected chi connectivity index (χ3v) is 6.58. The molecule has 2 aliphatic rings. The number of aromatic hydroxyl groups is 1. The number of carbonyl (C=O) groups is 2. The van der Waals surface area contributed by atoms with Crippen LogP contribution in [-0.2, 0) is 22.4 Å². The van der Waals surface area contributed by atoms with Gasteiger partial charge in [0.15, 0.2) is 0 Å². The Hall–Kier alpha value is -4.06. The fourth-order valence-corrected chi connectivity index (χ4v) is 4.91. The predicted octanol–water partition coefficient (Wildman–Crippen LogP) is 4.91. The molecule has 172 valence electrons. The van der Waals surface area contributed by atoms with Gasteiger partial charge in [-0.25, -0.2) is 0 Å². The number of methoxy groups -OCH3 is 1. The molecule has 1 heterocycles. The molecular formula is C28H25NO5. The molecular weight excluding hydrogens is 430 g/mol. The molecule has 1 atom stereocenters. The maximum absolute atomic E-state index is 13.3. The largest absolute Gasteiger partial charge is 0.508 e. The van der Waals surface area contributed by atoms with Gasteiger partial charge in [-0.2, -0.15) is 0 Å². The quantitative estimate of drug-likeness (QED) is 0.332. The lowest BCUT2D eigenvalue weighted by molar-refractivity contribution is -0.132. The van der Waals surface area contributed by atoms with Crippen molar-refractivity contribution in [1.82, 2.24) is 0 Å². The first-order valence-electron chi connectivity index (χ1n) is 11.3. The third kappa shape index (κ3) is 3.71. The van der Waals surface area contributed by atoms with Gasteiger partial charge in [0.2, 0.25) is 0 Å². The highest BCUT2D eigenvalue weighted by Gasteiger charge is 2.47. The van der Waals surface area contributed by atoms with Crippen LogP contribution in [0.4, 0.5) is 5.69 Å².